The average Bonchev–Trinajstić information content (AvgIpc) is 2.86. The van der Waals surface area contributed by atoms with Gasteiger partial charge in [0.2, 0.25) is 5.91 Å². The SMILES string of the molecule is CCNC(=O)CNC(=O)NC(C)c1nc(C(=O)O)cs1. The van der Waals surface area contributed by atoms with Gasteiger partial charge in [-0.2, -0.15) is 0 Å². The van der Waals surface area contributed by atoms with Gasteiger partial charge < -0.3 is 21.1 Å². The highest BCUT2D eigenvalue weighted by molar-refractivity contribution is 7.09. The van der Waals surface area contributed by atoms with Gasteiger partial charge in [0.15, 0.2) is 5.69 Å². The first-order valence-corrected chi connectivity index (χ1v) is 6.81. The van der Waals surface area contributed by atoms with Crippen molar-refractivity contribution in [3.8, 4) is 0 Å². The van der Waals surface area contributed by atoms with Crippen molar-refractivity contribution < 1.29 is 19.5 Å². The monoisotopic (exact) mass is 300 g/mol. The molecule has 4 N–H and O–H groups in total. The van der Waals surface area contributed by atoms with Crippen LogP contribution in [0.1, 0.15) is 35.4 Å². The minimum absolute atomic E-state index is 0.0543. The van der Waals surface area contributed by atoms with Gasteiger partial charge in [-0.3, -0.25) is 4.79 Å². The summed E-state index contributed by atoms with van der Waals surface area (Å²) in [5.41, 5.74) is -0.0543. The van der Waals surface area contributed by atoms with Gasteiger partial charge in [-0.05, 0) is 13.8 Å². The van der Waals surface area contributed by atoms with E-state index in [9.17, 15) is 14.4 Å². The quantitative estimate of drug-likeness (QED) is 0.603. The summed E-state index contributed by atoms with van der Waals surface area (Å²) in [7, 11) is 0. The molecule has 0 spiro atoms. The van der Waals surface area contributed by atoms with Crippen molar-refractivity contribution in [2.75, 3.05) is 13.1 Å². The zero-order chi connectivity index (χ0) is 15.1. The van der Waals surface area contributed by atoms with Crippen LogP contribution in [0.2, 0.25) is 0 Å². The normalized spacial score (nSPS) is 11.5. The van der Waals surface area contributed by atoms with Crippen molar-refractivity contribution in [3.63, 3.8) is 0 Å². The Morgan fingerprint density at radius 2 is 2.10 bits per heavy atom. The number of nitrogens with zero attached hydrogens (tertiary/aromatic N) is 1. The van der Waals surface area contributed by atoms with Crippen molar-refractivity contribution in [3.05, 3.63) is 16.1 Å². The van der Waals surface area contributed by atoms with Crippen molar-refractivity contribution in [2.24, 2.45) is 0 Å². The second-order valence-electron chi connectivity index (χ2n) is 3.88. The highest BCUT2D eigenvalue weighted by Crippen LogP contribution is 2.17. The summed E-state index contributed by atoms with van der Waals surface area (Å²) < 4.78 is 0. The van der Waals surface area contributed by atoms with Crippen LogP contribution in [0.5, 0.6) is 0 Å². The molecule has 20 heavy (non-hydrogen) atoms. The van der Waals surface area contributed by atoms with Gasteiger partial charge in [-0.15, -0.1) is 11.3 Å². The molecule has 0 bridgehead atoms. The molecule has 0 aliphatic rings. The number of aromatic carboxylic acids is 1. The summed E-state index contributed by atoms with van der Waals surface area (Å²) in [5, 5.41) is 18.2. The smallest absolute Gasteiger partial charge is 0.355 e. The molecule has 8 nitrogen and oxygen atoms in total. The number of urea groups is 1. The van der Waals surface area contributed by atoms with Crippen LogP contribution in [0, 0.1) is 0 Å². The van der Waals surface area contributed by atoms with Gasteiger partial charge in [0, 0.05) is 11.9 Å². The molecule has 1 aromatic rings. The van der Waals surface area contributed by atoms with Gasteiger partial charge in [0.1, 0.15) is 5.01 Å². The summed E-state index contributed by atoms with van der Waals surface area (Å²) >= 11 is 1.15. The molecule has 0 fully saturated rings. The van der Waals surface area contributed by atoms with Crippen LogP contribution in [0.15, 0.2) is 5.38 Å². The predicted octanol–water partition coefficient (Wildman–Crippen LogP) is 0.338. The molecular formula is C11H16N4O4S. The summed E-state index contributed by atoms with van der Waals surface area (Å²) in [4.78, 5) is 37.3. The van der Waals surface area contributed by atoms with E-state index in [0.29, 0.717) is 11.6 Å². The highest BCUT2D eigenvalue weighted by Gasteiger charge is 2.16. The van der Waals surface area contributed by atoms with Crippen molar-refractivity contribution >= 4 is 29.2 Å². The van der Waals surface area contributed by atoms with E-state index in [1.54, 1.807) is 13.8 Å². The third-order valence-electron chi connectivity index (χ3n) is 2.24. The van der Waals surface area contributed by atoms with Gasteiger partial charge >= 0.3 is 12.0 Å². The molecule has 1 heterocycles. The molecule has 110 valence electrons. The van der Waals surface area contributed by atoms with E-state index < -0.39 is 18.0 Å². The number of hydrogen-bond acceptors (Lipinski definition) is 5. The largest absolute Gasteiger partial charge is 0.476 e. The van der Waals surface area contributed by atoms with Crippen LogP contribution in [-0.2, 0) is 4.79 Å². The fourth-order valence-corrected chi connectivity index (χ4v) is 2.11. The van der Waals surface area contributed by atoms with Crippen LogP contribution in [0.25, 0.3) is 0 Å². The molecule has 1 atom stereocenters. The van der Waals surface area contributed by atoms with E-state index in [1.165, 1.54) is 5.38 Å². The lowest BCUT2D eigenvalue weighted by molar-refractivity contribution is -0.120. The molecule has 1 rings (SSSR count). The molecule has 9 heteroatoms. The first-order valence-electron chi connectivity index (χ1n) is 5.93. The Morgan fingerprint density at radius 1 is 1.40 bits per heavy atom. The lowest BCUT2D eigenvalue weighted by atomic mass is 10.3. The molecule has 0 aliphatic carbocycles. The van der Waals surface area contributed by atoms with Gasteiger partial charge in [0.25, 0.3) is 0 Å². The number of carboxylic acid groups (broad SMARTS) is 1. The second kappa shape index (κ2) is 7.43. The lowest BCUT2D eigenvalue weighted by Gasteiger charge is -2.12. The average molecular weight is 300 g/mol. The Bertz CT molecular complexity index is 502. The number of amides is 3. The van der Waals surface area contributed by atoms with E-state index in [0.717, 1.165) is 11.3 Å². The molecular weight excluding hydrogens is 284 g/mol. The van der Waals surface area contributed by atoms with Crippen LogP contribution >= 0.6 is 11.3 Å². The van der Waals surface area contributed by atoms with E-state index >= 15 is 0 Å². The lowest BCUT2D eigenvalue weighted by Crippen LogP contribution is -2.42. The van der Waals surface area contributed by atoms with E-state index in [-0.39, 0.29) is 18.1 Å². The van der Waals surface area contributed by atoms with Gasteiger partial charge in [-0.1, -0.05) is 0 Å². The Labute approximate surface area is 119 Å². The number of aromatic nitrogens is 1. The minimum atomic E-state index is -1.11. The van der Waals surface area contributed by atoms with Crippen LogP contribution in [0.3, 0.4) is 0 Å². The maximum absolute atomic E-state index is 11.5. The van der Waals surface area contributed by atoms with Gasteiger partial charge in [-0.25, -0.2) is 14.6 Å². The van der Waals surface area contributed by atoms with E-state index in [2.05, 4.69) is 20.9 Å². The maximum Gasteiger partial charge on any atom is 0.355 e. The fraction of sp³-hybridized carbons (Fsp3) is 0.455. The minimum Gasteiger partial charge on any atom is -0.476 e. The molecule has 3 amide bonds. The second-order valence-corrected chi connectivity index (χ2v) is 4.77. The summed E-state index contributed by atoms with van der Waals surface area (Å²) in [6.07, 6.45) is 0. The number of carboxylic acids is 1. The number of likely N-dealkylation sites (N-methyl/N-ethyl adjacent to an activating group) is 1. The molecule has 0 saturated carbocycles. The number of carbonyl (C=O) groups excluding carboxylic acids is 2. The van der Waals surface area contributed by atoms with E-state index in [4.69, 9.17) is 5.11 Å². The van der Waals surface area contributed by atoms with E-state index in [1.807, 2.05) is 0 Å². The number of carbonyl (C=O) groups is 3. The first-order chi connectivity index (χ1) is 9.43. The predicted molar refractivity (Wildman–Crippen MR) is 72.7 cm³/mol. The zero-order valence-corrected chi connectivity index (χ0v) is 11.9. The Morgan fingerprint density at radius 3 is 2.65 bits per heavy atom. The standard InChI is InChI=1S/C11H16N4O4S/c1-3-12-8(16)4-13-11(19)14-6(2)9-15-7(5-20-9)10(17)18/h5-6H,3-4H2,1-2H3,(H,12,16)(H,17,18)(H2,13,14,19). The fourth-order valence-electron chi connectivity index (χ4n) is 1.31. The molecule has 0 saturated heterocycles. The van der Waals surface area contributed by atoms with Crippen LogP contribution < -0.4 is 16.0 Å². The topological polar surface area (TPSA) is 120 Å². The van der Waals surface area contributed by atoms with Gasteiger partial charge in [0.05, 0.1) is 12.6 Å². The number of rotatable bonds is 6. The molecule has 1 aromatic heterocycles. The third-order valence-corrected chi connectivity index (χ3v) is 3.27. The van der Waals surface area contributed by atoms with Crippen molar-refractivity contribution in [1.82, 2.24) is 20.9 Å². The summed E-state index contributed by atoms with van der Waals surface area (Å²) in [5.74, 6) is -1.39. The maximum atomic E-state index is 11.5. The Kier molecular flexibility index (Phi) is 5.91. The Balaban J connectivity index is 2.44. The highest BCUT2D eigenvalue weighted by atomic mass is 32.1. The number of nitrogens with one attached hydrogen (secondary N) is 3. The number of hydrogen-bond donors (Lipinski definition) is 4. The van der Waals surface area contributed by atoms with Crippen LogP contribution in [0.4, 0.5) is 4.79 Å². The first kappa shape index (κ1) is 15.9. The Hall–Kier alpha value is -2.16. The molecule has 1 unspecified atom stereocenters. The molecule has 0 aliphatic heterocycles. The van der Waals surface area contributed by atoms with Crippen molar-refractivity contribution in [2.45, 2.75) is 19.9 Å². The molecule has 0 radical (unpaired) electrons. The number of thiazole rings is 1. The summed E-state index contributed by atoms with van der Waals surface area (Å²) in [6, 6.07) is -0.960. The zero-order valence-electron chi connectivity index (χ0n) is 11.1. The third kappa shape index (κ3) is 4.84. The van der Waals surface area contributed by atoms with Crippen LogP contribution in [-0.4, -0.2) is 41.1 Å². The molecule has 0 aromatic carbocycles. The summed E-state index contributed by atoms with van der Waals surface area (Å²) in [6.45, 7) is 3.83. The van der Waals surface area contributed by atoms with Crippen molar-refractivity contribution in [1.29, 1.82) is 0 Å².